The molecule has 3 aliphatic heterocycles. The number of nitrogens with zero attached hydrogens (tertiary/aromatic N) is 4. The maximum absolute atomic E-state index is 14.3. The molecule has 0 radical (unpaired) electrons. The average molecular weight is 884 g/mol. The predicted molar refractivity (Wildman–Crippen MR) is 212 cm³/mol. The van der Waals surface area contributed by atoms with Gasteiger partial charge in [0.2, 0.25) is 0 Å². The van der Waals surface area contributed by atoms with Gasteiger partial charge in [-0.15, -0.1) is 0 Å². The van der Waals surface area contributed by atoms with E-state index in [1.165, 1.54) is 27.1 Å². The van der Waals surface area contributed by atoms with Crippen molar-refractivity contribution >= 4 is 63.7 Å². The van der Waals surface area contributed by atoms with Crippen LogP contribution in [0, 0.1) is 0 Å². The Kier molecular flexibility index (Phi) is 11.6. The van der Waals surface area contributed by atoms with E-state index >= 15 is 0 Å². The minimum absolute atomic E-state index is 0.0719. The summed E-state index contributed by atoms with van der Waals surface area (Å²) in [5.74, 6) is -3.00. The van der Waals surface area contributed by atoms with Crippen LogP contribution in [0.1, 0.15) is 67.8 Å². The molecule has 18 heteroatoms. The number of esters is 3. The highest BCUT2D eigenvalue weighted by Crippen LogP contribution is 2.46. The van der Waals surface area contributed by atoms with Crippen molar-refractivity contribution in [2.24, 2.45) is 0 Å². The monoisotopic (exact) mass is 882 g/mol. The van der Waals surface area contributed by atoms with Crippen molar-refractivity contribution in [1.82, 2.24) is 19.1 Å². The fraction of sp³-hybridized carbons (Fsp3) is 0.500. The smallest absolute Gasteiger partial charge is 0.303 e. The summed E-state index contributed by atoms with van der Waals surface area (Å²) in [6.45, 7) is 13.7. The standard InChI is InChI=1S/C40H47BrN4O12Si/c1-22(46)50-19-27-30(52-23(2)47)32(53-24(3)48)36(54-27)44-21-42-34-29(35(44)49)43-38(41)45(34)37-33-31(56-40(7,8)57-33)28(55-37)20-51-58(39(4,5)6,25-15-11-9-12-16-25)26-17-13-10-14-18-26/h9-18,21,27-28,30-33,36-37H,19-20H2,1-8H3/t27-,28-,30-,31-,32-,33-,36-,37-/m1/s1. The van der Waals surface area contributed by atoms with Crippen LogP contribution in [0.4, 0.5) is 0 Å². The lowest BCUT2D eigenvalue weighted by molar-refractivity contribution is -0.199. The number of carbonyl (C=O) groups excluding carboxylic acids is 3. The molecule has 8 atom stereocenters. The molecular weight excluding hydrogens is 836 g/mol. The topological polar surface area (TPSA) is 178 Å². The maximum atomic E-state index is 14.3. The normalized spacial score (nSPS) is 26.7. The van der Waals surface area contributed by atoms with Crippen LogP contribution in [0.25, 0.3) is 11.2 Å². The third-order valence-electron chi connectivity index (χ3n) is 10.5. The van der Waals surface area contributed by atoms with Gasteiger partial charge in [0.15, 0.2) is 46.3 Å². The zero-order valence-electron chi connectivity index (χ0n) is 33.4. The Morgan fingerprint density at radius 1 is 0.810 bits per heavy atom. The summed E-state index contributed by atoms with van der Waals surface area (Å²) in [4.78, 5) is 59.5. The van der Waals surface area contributed by atoms with Gasteiger partial charge >= 0.3 is 17.9 Å². The molecule has 0 saturated carbocycles. The van der Waals surface area contributed by atoms with Crippen LogP contribution in [0.15, 0.2) is 76.5 Å². The van der Waals surface area contributed by atoms with Crippen LogP contribution in [-0.4, -0.2) is 101 Å². The Bertz CT molecular complexity index is 2190. The van der Waals surface area contributed by atoms with Crippen LogP contribution in [-0.2, 0) is 52.0 Å². The summed E-state index contributed by atoms with van der Waals surface area (Å²) >= 11 is 3.55. The summed E-state index contributed by atoms with van der Waals surface area (Å²) in [6, 6.07) is 20.6. The number of benzene rings is 2. The van der Waals surface area contributed by atoms with Crippen molar-refractivity contribution in [2.75, 3.05) is 13.2 Å². The summed E-state index contributed by atoms with van der Waals surface area (Å²) in [6.07, 6.45) is -6.38. The maximum Gasteiger partial charge on any atom is 0.303 e. The van der Waals surface area contributed by atoms with Gasteiger partial charge in [-0.3, -0.25) is 28.3 Å². The molecule has 3 fully saturated rings. The Balaban J connectivity index is 1.24. The molecule has 0 N–H and O–H groups in total. The van der Waals surface area contributed by atoms with Crippen LogP contribution in [0.3, 0.4) is 0 Å². The highest BCUT2D eigenvalue weighted by molar-refractivity contribution is 9.10. The SMILES string of the molecule is CC(=O)OC[C@H]1O[C@@H](n2cnc3c(nc(Br)n3[C@@H]3O[C@H](CO[Si](c4ccccc4)(c4ccccc4)C(C)(C)C)[C@H]4OC(C)(C)O[C@H]43)c2=O)[C@H](OC(C)=O)[C@@H]1OC(C)=O. The molecule has 310 valence electrons. The molecule has 2 aromatic heterocycles. The van der Waals surface area contributed by atoms with Crippen molar-refractivity contribution in [3.05, 3.63) is 82.1 Å². The van der Waals surface area contributed by atoms with Gasteiger partial charge < -0.3 is 37.6 Å². The minimum atomic E-state index is -2.97. The first-order valence-electron chi connectivity index (χ1n) is 19.0. The number of carbonyl (C=O) groups is 3. The second kappa shape index (κ2) is 16.0. The molecule has 7 rings (SSSR count). The first-order valence-corrected chi connectivity index (χ1v) is 21.7. The summed E-state index contributed by atoms with van der Waals surface area (Å²) in [7, 11) is -2.97. The van der Waals surface area contributed by atoms with Crippen molar-refractivity contribution in [2.45, 2.75) is 115 Å². The molecule has 2 aromatic carbocycles. The Hall–Kier alpha value is -4.30. The number of hydrogen-bond acceptors (Lipinski definition) is 14. The number of hydrogen-bond donors (Lipinski definition) is 0. The van der Waals surface area contributed by atoms with E-state index in [4.69, 9.17) is 37.6 Å². The number of imidazole rings is 1. The number of aromatic nitrogens is 4. The van der Waals surface area contributed by atoms with Crippen LogP contribution in [0.2, 0.25) is 5.04 Å². The van der Waals surface area contributed by atoms with E-state index in [2.05, 4.69) is 70.9 Å². The first kappa shape index (κ1) is 41.8. The number of ether oxygens (including phenoxy) is 7. The van der Waals surface area contributed by atoms with Crippen LogP contribution < -0.4 is 15.9 Å². The molecule has 0 amide bonds. The second-order valence-corrected chi connectivity index (χ2v) is 21.0. The quantitative estimate of drug-likeness (QED) is 0.0923. The zero-order valence-corrected chi connectivity index (χ0v) is 36.0. The number of halogens is 1. The zero-order chi connectivity index (χ0) is 41.7. The third-order valence-corrected chi connectivity index (χ3v) is 16.0. The lowest BCUT2D eigenvalue weighted by Gasteiger charge is -2.43. The predicted octanol–water partition coefficient (Wildman–Crippen LogP) is 3.67. The molecular formula is C40H47BrN4O12Si. The van der Waals surface area contributed by atoms with Crippen LogP contribution >= 0.6 is 15.9 Å². The molecule has 0 aliphatic carbocycles. The van der Waals surface area contributed by atoms with E-state index in [-0.39, 0.29) is 34.1 Å². The van der Waals surface area contributed by atoms with Gasteiger partial charge in [0, 0.05) is 20.8 Å². The molecule has 16 nitrogen and oxygen atoms in total. The molecule has 0 spiro atoms. The van der Waals surface area contributed by atoms with Crippen molar-refractivity contribution < 1.29 is 52.0 Å². The average Bonchev–Trinajstić information content (AvgIpc) is 3.86. The lowest BCUT2D eigenvalue weighted by Crippen LogP contribution is -2.67. The van der Waals surface area contributed by atoms with Gasteiger partial charge in [-0.1, -0.05) is 81.4 Å². The molecule has 3 aliphatic rings. The van der Waals surface area contributed by atoms with E-state index < -0.39 is 86.7 Å². The minimum Gasteiger partial charge on any atom is -0.463 e. The molecule has 3 saturated heterocycles. The largest absolute Gasteiger partial charge is 0.463 e. The van der Waals surface area contributed by atoms with Gasteiger partial charge in [-0.2, -0.15) is 0 Å². The fourth-order valence-corrected chi connectivity index (χ4v) is 13.4. The summed E-state index contributed by atoms with van der Waals surface area (Å²) < 4.78 is 52.3. The molecule has 4 aromatic rings. The van der Waals surface area contributed by atoms with Gasteiger partial charge in [0.25, 0.3) is 13.9 Å². The van der Waals surface area contributed by atoms with Crippen molar-refractivity contribution in [3.63, 3.8) is 0 Å². The van der Waals surface area contributed by atoms with E-state index in [9.17, 15) is 19.2 Å². The molecule has 0 bridgehead atoms. The highest BCUT2D eigenvalue weighted by atomic mass is 79.9. The summed E-state index contributed by atoms with van der Waals surface area (Å²) in [5, 5.41) is 1.95. The van der Waals surface area contributed by atoms with Crippen molar-refractivity contribution in [1.29, 1.82) is 0 Å². The number of fused-ring (bicyclic) bond motifs is 2. The van der Waals surface area contributed by atoms with E-state index in [0.717, 1.165) is 14.9 Å². The number of rotatable bonds is 11. The Morgan fingerprint density at radius 2 is 1.38 bits per heavy atom. The lowest BCUT2D eigenvalue weighted by atomic mass is 10.1. The Morgan fingerprint density at radius 3 is 1.95 bits per heavy atom. The van der Waals surface area contributed by atoms with E-state index in [1.807, 2.05) is 50.2 Å². The van der Waals surface area contributed by atoms with Crippen molar-refractivity contribution in [3.8, 4) is 0 Å². The van der Waals surface area contributed by atoms with E-state index in [1.54, 1.807) is 4.57 Å². The highest BCUT2D eigenvalue weighted by Gasteiger charge is 2.58. The van der Waals surface area contributed by atoms with Gasteiger partial charge in [0.05, 0.1) is 6.61 Å². The first-order chi connectivity index (χ1) is 27.4. The fourth-order valence-electron chi connectivity index (χ4n) is 8.25. The van der Waals surface area contributed by atoms with Crippen LogP contribution in [0.5, 0.6) is 0 Å². The van der Waals surface area contributed by atoms with Gasteiger partial charge in [-0.25, -0.2) is 9.97 Å². The molecule has 0 unspecified atom stereocenters. The Labute approximate surface area is 344 Å². The second-order valence-electron chi connectivity index (χ2n) is 16.0. The summed E-state index contributed by atoms with van der Waals surface area (Å²) in [5.41, 5.74) is -0.572. The van der Waals surface area contributed by atoms with E-state index in [0.29, 0.717) is 0 Å². The van der Waals surface area contributed by atoms with Gasteiger partial charge in [-0.05, 0) is 45.2 Å². The molecule has 58 heavy (non-hydrogen) atoms. The molecule has 5 heterocycles. The third kappa shape index (κ3) is 7.78. The van der Waals surface area contributed by atoms with Gasteiger partial charge in [0.1, 0.15) is 37.4 Å².